The van der Waals surface area contributed by atoms with Crippen LogP contribution in [-0.2, 0) is 9.47 Å². The summed E-state index contributed by atoms with van der Waals surface area (Å²) in [6, 6.07) is 6.55. The van der Waals surface area contributed by atoms with Crippen molar-refractivity contribution in [2.24, 2.45) is 0 Å². The van der Waals surface area contributed by atoms with Crippen LogP contribution in [0.4, 0.5) is 5.82 Å². The van der Waals surface area contributed by atoms with E-state index in [1.54, 1.807) is 0 Å². The third kappa shape index (κ3) is 8.16. The lowest BCUT2D eigenvalue weighted by Crippen LogP contribution is -2.33. The molecule has 0 radical (unpaired) electrons. The molecule has 2 aromatic heterocycles. The van der Waals surface area contributed by atoms with Crippen LogP contribution in [0.3, 0.4) is 0 Å². The Labute approximate surface area is 200 Å². The van der Waals surface area contributed by atoms with Crippen LogP contribution in [0.1, 0.15) is 24.5 Å². The molecular formula is C23H42N4O2SSi2. The van der Waals surface area contributed by atoms with E-state index in [-0.39, 0.29) is 0 Å². The van der Waals surface area contributed by atoms with Crippen molar-refractivity contribution in [2.75, 3.05) is 43.1 Å². The average Bonchev–Trinajstić information content (AvgIpc) is 3.20. The van der Waals surface area contributed by atoms with E-state index in [2.05, 4.69) is 67.1 Å². The minimum atomic E-state index is -1.12. The Morgan fingerprint density at radius 3 is 2.16 bits per heavy atom. The molecule has 9 heteroatoms. The number of thioether (sulfide) groups is 1. The molecule has 0 amide bonds. The van der Waals surface area contributed by atoms with Crippen molar-refractivity contribution in [2.45, 2.75) is 70.1 Å². The maximum Gasteiger partial charge on any atom is 0.157 e. The zero-order chi connectivity index (χ0) is 23.2. The van der Waals surface area contributed by atoms with Gasteiger partial charge in [0.25, 0.3) is 0 Å². The van der Waals surface area contributed by atoms with Crippen LogP contribution in [0.5, 0.6) is 0 Å². The van der Waals surface area contributed by atoms with Crippen LogP contribution in [0.25, 0.3) is 5.65 Å². The highest BCUT2D eigenvalue weighted by Gasteiger charge is 2.22. The molecule has 0 aromatic carbocycles. The molecule has 0 spiro atoms. The Morgan fingerprint density at radius 2 is 1.59 bits per heavy atom. The van der Waals surface area contributed by atoms with E-state index in [9.17, 15) is 0 Å². The predicted octanol–water partition coefficient (Wildman–Crippen LogP) is 5.77. The van der Waals surface area contributed by atoms with E-state index < -0.39 is 16.1 Å². The fraction of sp³-hybridized carbons (Fsp3) is 0.739. The topological polar surface area (TPSA) is 51.9 Å². The maximum atomic E-state index is 6.16. The van der Waals surface area contributed by atoms with Gasteiger partial charge < -0.3 is 14.4 Å². The fourth-order valence-corrected chi connectivity index (χ4v) is 6.24. The van der Waals surface area contributed by atoms with E-state index in [4.69, 9.17) is 14.5 Å². The maximum absolute atomic E-state index is 6.16. The van der Waals surface area contributed by atoms with E-state index in [1.165, 1.54) is 30.0 Å². The predicted molar refractivity (Wildman–Crippen MR) is 143 cm³/mol. The number of rotatable bonds is 12. The SMILES string of the molecule is C[Si](C)(C)CCOCN(COCC[Si](C)(C)C)c1cc(C2CCSCC2)nc2ccnn12. The third-order valence-corrected chi connectivity index (χ3v) is 10.3. The molecule has 1 aliphatic heterocycles. The first kappa shape index (κ1) is 25.7. The van der Waals surface area contributed by atoms with Gasteiger partial charge in [0, 0.05) is 53.1 Å². The van der Waals surface area contributed by atoms with Gasteiger partial charge in [0.1, 0.15) is 19.3 Å². The number of hydrogen-bond acceptors (Lipinski definition) is 6. The van der Waals surface area contributed by atoms with Gasteiger partial charge in [-0.25, -0.2) is 4.98 Å². The number of fused-ring (bicyclic) bond motifs is 1. The molecule has 2 aromatic rings. The smallest absolute Gasteiger partial charge is 0.157 e. The van der Waals surface area contributed by atoms with Crippen LogP contribution in [0.15, 0.2) is 18.3 Å². The molecule has 1 aliphatic rings. The Bertz CT molecular complexity index is 823. The summed E-state index contributed by atoms with van der Waals surface area (Å²) in [5.41, 5.74) is 2.09. The van der Waals surface area contributed by atoms with E-state index >= 15 is 0 Å². The molecule has 3 heterocycles. The summed E-state index contributed by atoms with van der Waals surface area (Å²) in [4.78, 5) is 7.15. The van der Waals surface area contributed by atoms with Gasteiger partial charge in [0.05, 0.1) is 6.20 Å². The fourth-order valence-electron chi connectivity index (χ4n) is 3.62. The number of anilines is 1. The molecule has 0 unspecified atom stereocenters. The molecular weight excluding hydrogens is 453 g/mol. The summed E-state index contributed by atoms with van der Waals surface area (Å²) in [6.45, 7) is 16.9. The average molecular weight is 495 g/mol. The van der Waals surface area contributed by atoms with Gasteiger partial charge >= 0.3 is 0 Å². The van der Waals surface area contributed by atoms with Gasteiger partial charge in [-0.1, -0.05) is 39.3 Å². The van der Waals surface area contributed by atoms with Crippen LogP contribution in [0, 0.1) is 0 Å². The summed E-state index contributed by atoms with van der Waals surface area (Å²) < 4.78 is 14.3. The second-order valence-corrected chi connectivity index (χ2v) is 23.7. The summed E-state index contributed by atoms with van der Waals surface area (Å²) >= 11 is 2.05. The normalized spacial score (nSPS) is 16.1. The summed E-state index contributed by atoms with van der Waals surface area (Å²) in [7, 11) is -2.25. The molecule has 1 saturated heterocycles. The zero-order valence-electron chi connectivity index (χ0n) is 20.9. The molecule has 1 fully saturated rings. The second kappa shape index (κ2) is 11.5. The Balaban J connectivity index is 1.78. The first-order valence-corrected chi connectivity index (χ1v) is 20.5. The van der Waals surface area contributed by atoms with Gasteiger partial charge in [-0.3, -0.25) is 0 Å². The van der Waals surface area contributed by atoms with Crippen molar-refractivity contribution in [1.82, 2.24) is 14.6 Å². The van der Waals surface area contributed by atoms with Crippen molar-refractivity contribution in [3.63, 3.8) is 0 Å². The van der Waals surface area contributed by atoms with Gasteiger partial charge in [0.15, 0.2) is 5.65 Å². The van der Waals surface area contributed by atoms with E-state index in [1.807, 2.05) is 16.8 Å². The highest BCUT2D eigenvalue weighted by molar-refractivity contribution is 7.99. The molecule has 180 valence electrons. The Hall–Kier alpha value is -0.876. The van der Waals surface area contributed by atoms with Crippen LogP contribution in [0.2, 0.25) is 51.4 Å². The largest absolute Gasteiger partial charge is 0.361 e. The zero-order valence-corrected chi connectivity index (χ0v) is 23.7. The molecule has 3 rings (SSSR count). The lowest BCUT2D eigenvalue weighted by molar-refractivity contribution is 0.0942. The quantitative estimate of drug-likeness (QED) is 0.212. The van der Waals surface area contributed by atoms with Crippen LogP contribution < -0.4 is 4.90 Å². The summed E-state index contributed by atoms with van der Waals surface area (Å²) in [6.07, 6.45) is 4.23. The van der Waals surface area contributed by atoms with Crippen molar-refractivity contribution in [1.29, 1.82) is 0 Å². The molecule has 0 atom stereocenters. The van der Waals surface area contributed by atoms with Gasteiger partial charge in [-0.2, -0.15) is 21.4 Å². The molecule has 0 bridgehead atoms. The lowest BCUT2D eigenvalue weighted by Gasteiger charge is -2.28. The summed E-state index contributed by atoms with van der Waals surface area (Å²) in [5, 5.41) is 4.57. The Kier molecular flexibility index (Phi) is 9.26. The van der Waals surface area contributed by atoms with Gasteiger partial charge in [-0.05, 0) is 36.4 Å². The molecule has 6 nitrogen and oxygen atoms in total. The van der Waals surface area contributed by atoms with Crippen LogP contribution >= 0.6 is 11.8 Å². The monoisotopic (exact) mass is 494 g/mol. The van der Waals surface area contributed by atoms with Crippen molar-refractivity contribution in [3.05, 3.63) is 24.0 Å². The molecule has 0 aliphatic carbocycles. The van der Waals surface area contributed by atoms with Gasteiger partial charge in [0.2, 0.25) is 0 Å². The number of ether oxygens (including phenoxy) is 2. The number of aromatic nitrogens is 3. The minimum Gasteiger partial charge on any atom is -0.361 e. The number of nitrogens with zero attached hydrogens (tertiary/aromatic N) is 4. The van der Waals surface area contributed by atoms with E-state index in [0.29, 0.717) is 19.4 Å². The highest BCUT2D eigenvalue weighted by Crippen LogP contribution is 2.32. The minimum absolute atomic E-state index is 0.510. The third-order valence-electron chi connectivity index (χ3n) is 5.81. The first-order valence-electron chi connectivity index (χ1n) is 12.0. The van der Waals surface area contributed by atoms with Crippen molar-refractivity contribution >= 4 is 39.4 Å². The second-order valence-electron chi connectivity index (χ2n) is 11.3. The van der Waals surface area contributed by atoms with Crippen molar-refractivity contribution < 1.29 is 9.47 Å². The number of hydrogen-bond donors (Lipinski definition) is 0. The van der Waals surface area contributed by atoms with Crippen molar-refractivity contribution in [3.8, 4) is 0 Å². The summed E-state index contributed by atoms with van der Waals surface area (Å²) in [5.74, 6) is 3.98. The first-order chi connectivity index (χ1) is 15.1. The molecule has 0 saturated carbocycles. The van der Waals surface area contributed by atoms with Gasteiger partial charge in [-0.15, -0.1) is 0 Å². The standard InChI is InChI=1S/C23H42N4O2SSi2/c1-31(2,3)15-11-28-18-26(19-29-12-16-32(4,5)6)23-17-21(20-8-13-30-14-9-20)25-22-7-10-24-27(22)23/h7,10,17,20H,8-9,11-16,18-19H2,1-6H3. The highest BCUT2D eigenvalue weighted by atomic mass is 32.2. The van der Waals surface area contributed by atoms with Crippen LogP contribution in [-0.4, -0.2) is 68.9 Å². The van der Waals surface area contributed by atoms with E-state index in [0.717, 1.165) is 36.8 Å². The Morgan fingerprint density at radius 1 is 1.00 bits per heavy atom. The lowest BCUT2D eigenvalue weighted by atomic mass is 9.98. The molecule has 32 heavy (non-hydrogen) atoms. The molecule has 0 N–H and O–H groups in total.